The highest BCUT2D eigenvalue weighted by Crippen LogP contribution is 2.62. The highest BCUT2D eigenvalue weighted by atomic mass is 16.4. The molecule has 8 nitrogen and oxygen atoms in total. The molecule has 37 heavy (non-hydrogen) atoms. The molecule has 2 amide bonds. The highest BCUT2D eigenvalue weighted by molar-refractivity contribution is 6.02. The molecule has 2 aromatic rings. The van der Waals surface area contributed by atoms with Crippen LogP contribution >= 0.6 is 0 Å². The zero-order valence-corrected chi connectivity index (χ0v) is 22.1. The Morgan fingerprint density at radius 2 is 1.81 bits per heavy atom. The highest BCUT2D eigenvalue weighted by Gasteiger charge is 2.59. The molecule has 0 bridgehead atoms. The Balaban J connectivity index is 1.63. The number of benzene rings is 1. The Morgan fingerprint density at radius 3 is 2.32 bits per heavy atom. The van der Waals surface area contributed by atoms with Crippen LogP contribution in [0, 0.1) is 40.9 Å². The summed E-state index contributed by atoms with van der Waals surface area (Å²) in [5.41, 5.74) is 3.32. The van der Waals surface area contributed by atoms with Crippen LogP contribution < -0.4 is 15.5 Å². The van der Waals surface area contributed by atoms with Gasteiger partial charge in [0.2, 0.25) is 0 Å². The predicted octanol–water partition coefficient (Wildman–Crippen LogP) is 5.93. The Labute approximate surface area is 219 Å². The molecule has 1 unspecified atom stereocenters. The number of nitriles is 1. The Bertz CT molecular complexity index is 1160. The van der Waals surface area contributed by atoms with Gasteiger partial charge in [-0.25, -0.2) is 9.78 Å². The van der Waals surface area contributed by atoms with Crippen LogP contribution in [-0.2, 0) is 4.79 Å². The molecule has 4 rings (SSSR count). The zero-order valence-electron chi connectivity index (χ0n) is 22.1. The normalized spacial score (nSPS) is 20.7. The summed E-state index contributed by atoms with van der Waals surface area (Å²) in [7, 11) is 0. The van der Waals surface area contributed by atoms with E-state index in [9.17, 15) is 14.7 Å². The van der Waals surface area contributed by atoms with Crippen molar-refractivity contribution in [2.75, 3.05) is 28.6 Å². The number of nitrogens with one attached hydrogen (secondary N) is 2. The zero-order chi connectivity index (χ0) is 26.7. The number of nitrogens with zero attached hydrogens (tertiary/aromatic N) is 3. The molecular formula is C29H37N5O3. The van der Waals surface area contributed by atoms with E-state index >= 15 is 0 Å². The molecule has 0 spiro atoms. The third-order valence-corrected chi connectivity index (χ3v) is 7.36. The van der Waals surface area contributed by atoms with E-state index in [1.165, 1.54) is 12.6 Å². The first-order valence-electron chi connectivity index (χ1n) is 13.2. The average Bonchev–Trinajstić information content (AvgIpc) is 3.52. The van der Waals surface area contributed by atoms with Gasteiger partial charge in [-0.2, -0.15) is 5.26 Å². The lowest BCUT2D eigenvalue weighted by molar-refractivity contribution is -0.139. The lowest BCUT2D eigenvalue weighted by Gasteiger charge is -2.31. The number of hydrogen-bond acceptors (Lipinski definition) is 5. The first-order valence-corrected chi connectivity index (χ1v) is 13.2. The third-order valence-electron chi connectivity index (χ3n) is 7.36. The van der Waals surface area contributed by atoms with E-state index in [2.05, 4.69) is 54.3 Å². The van der Waals surface area contributed by atoms with Gasteiger partial charge < -0.3 is 20.6 Å². The predicted molar refractivity (Wildman–Crippen MR) is 145 cm³/mol. The first-order chi connectivity index (χ1) is 17.7. The molecule has 3 atom stereocenters. The fraction of sp³-hybridized carbons (Fsp3) is 0.517. The lowest BCUT2D eigenvalue weighted by Crippen LogP contribution is -2.32. The van der Waals surface area contributed by atoms with Crippen molar-refractivity contribution in [3.05, 3.63) is 47.8 Å². The van der Waals surface area contributed by atoms with Crippen molar-refractivity contribution >= 4 is 29.1 Å². The van der Waals surface area contributed by atoms with Crippen LogP contribution in [0.3, 0.4) is 0 Å². The van der Waals surface area contributed by atoms with E-state index in [0.717, 1.165) is 37.2 Å². The number of hydrogen-bond donors (Lipinski definition) is 3. The first kappa shape index (κ1) is 26.5. The number of pyridine rings is 1. The molecule has 2 saturated carbocycles. The third kappa shape index (κ3) is 6.22. The lowest BCUT2D eigenvalue weighted by atomic mass is 9.80. The van der Waals surface area contributed by atoms with Crippen molar-refractivity contribution < 1.29 is 14.7 Å². The maximum atomic E-state index is 13.0. The van der Waals surface area contributed by atoms with E-state index < -0.39 is 12.0 Å². The minimum Gasteiger partial charge on any atom is -0.481 e. The van der Waals surface area contributed by atoms with Crippen molar-refractivity contribution in [1.29, 1.82) is 5.26 Å². The number of urea groups is 1. The smallest absolute Gasteiger partial charge is 0.323 e. The molecule has 2 aliphatic carbocycles. The van der Waals surface area contributed by atoms with Crippen LogP contribution in [0.4, 0.5) is 21.9 Å². The van der Waals surface area contributed by atoms with Crippen LogP contribution in [0.2, 0.25) is 0 Å². The summed E-state index contributed by atoms with van der Waals surface area (Å²) in [5.74, 6) is 0.392. The summed E-state index contributed by atoms with van der Waals surface area (Å²) in [6.45, 7) is 10.3. The van der Waals surface area contributed by atoms with Gasteiger partial charge in [-0.15, -0.1) is 0 Å². The van der Waals surface area contributed by atoms with Crippen LogP contribution in [0.25, 0.3) is 0 Å². The number of carbonyl (C=O) groups is 2. The minimum absolute atomic E-state index is 0.0214. The number of amides is 2. The van der Waals surface area contributed by atoms with Gasteiger partial charge in [0, 0.05) is 19.0 Å². The van der Waals surface area contributed by atoms with E-state index in [1.54, 1.807) is 12.1 Å². The Hall–Kier alpha value is -3.60. The molecule has 196 valence electrons. The van der Waals surface area contributed by atoms with Crippen molar-refractivity contribution in [2.45, 2.75) is 52.9 Å². The molecule has 2 aliphatic rings. The van der Waals surface area contributed by atoms with Gasteiger partial charge in [0.05, 0.1) is 29.2 Å². The van der Waals surface area contributed by atoms with Crippen LogP contribution in [-0.4, -0.2) is 35.2 Å². The number of aliphatic carboxylic acids is 1. The maximum absolute atomic E-state index is 13.0. The molecule has 0 aliphatic heterocycles. The minimum atomic E-state index is -0.729. The number of rotatable bonds is 10. The number of carbonyl (C=O) groups excluding carboxylic acids is 1. The van der Waals surface area contributed by atoms with Gasteiger partial charge in [0.1, 0.15) is 11.8 Å². The second kappa shape index (κ2) is 11.2. The van der Waals surface area contributed by atoms with Crippen molar-refractivity contribution in [2.24, 2.45) is 29.6 Å². The van der Waals surface area contributed by atoms with Gasteiger partial charge in [0.15, 0.2) is 0 Å². The molecule has 3 N–H and O–H groups in total. The fourth-order valence-electron chi connectivity index (χ4n) is 5.60. The summed E-state index contributed by atoms with van der Waals surface area (Å²) in [6.07, 6.45) is 4.83. The van der Waals surface area contributed by atoms with E-state index in [0.29, 0.717) is 29.1 Å². The average molecular weight is 504 g/mol. The molecular weight excluding hydrogens is 466 g/mol. The van der Waals surface area contributed by atoms with Gasteiger partial charge >= 0.3 is 12.0 Å². The molecule has 1 aromatic carbocycles. The fourth-order valence-corrected chi connectivity index (χ4v) is 5.60. The molecule has 0 radical (unpaired) electrons. The van der Waals surface area contributed by atoms with Crippen molar-refractivity contribution in [3.63, 3.8) is 0 Å². The van der Waals surface area contributed by atoms with Crippen LogP contribution in [0.15, 0.2) is 36.5 Å². The maximum Gasteiger partial charge on any atom is 0.323 e. The van der Waals surface area contributed by atoms with Crippen molar-refractivity contribution in [1.82, 2.24) is 4.98 Å². The van der Waals surface area contributed by atoms with Gasteiger partial charge in [-0.1, -0.05) is 53.0 Å². The topological polar surface area (TPSA) is 118 Å². The van der Waals surface area contributed by atoms with Gasteiger partial charge in [-0.3, -0.25) is 4.79 Å². The molecule has 1 heterocycles. The summed E-state index contributed by atoms with van der Waals surface area (Å²) in [6, 6.07) is 10.8. The summed E-state index contributed by atoms with van der Waals surface area (Å²) in [5, 5.41) is 24.6. The van der Waals surface area contributed by atoms with Gasteiger partial charge in [0.25, 0.3) is 0 Å². The van der Waals surface area contributed by atoms with E-state index in [4.69, 9.17) is 5.26 Å². The second-order valence-corrected chi connectivity index (χ2v) is 11.3. The summed E-state index contributed by atoms with van der Waals surface area (Å²) in [4.78, 5) is 31.3. The molecule has 8 heteroatoms. The number of aromatic nitrogens is 1. The number of anilines is 3. The van der Waals surface area contributed by atoms with Crippen LogP contribution in [0.1, 0.15) is 64.1 Å². The summed E-state index contributed by atoms with van der Waals surface area (Å²) >= 11 is 0. The van der Waals surface area contributed by atoms with E-state index in [-0.39, 0.29) is 23.4 Å². The molecule has 1 aromatic heterocycles. The standard InChI is InChI=1S/C29H37N5O3/c1-17(2)15-34(16-18(3)4)24-11-8-20(26-25(19-6-5-7-19)27(26)28(35)36)12-23(24)33-29(37)32-22-10-9-21(13-30)31-14-22/h8-12,14,17-19,25-27H,5-7,15-16H2,1-4H3,(H,35,36)(H2,32,33,37)/t25?,26-,27+/m1/s1. The largest absolute Gasteiger partial charge is 0.481 e. The van der Waals surface area contributed by atoms with Crippen molar-refractivity contribution in [3.8, 4) is 6.07 Å². The molecule has 2 fully saturated rings. The monoisotopic (exact) mass is 503 g/mol. The Morgan fingerprint density at radius 1 is 1.11 bits per heavy atom. The summed E-state index contributed by atoms with van der Waals surface area (Å²) < 4.78 is 0. The van der Waals surface area contributed by atoms with Gasteiger partial charge in [-0.05, 0) is 53.5 Å². The quantitative estimate of drug-likeness (QED) is 0.370. The molecule has 0 saturated heterocycles. The SMILES string of the molecule is CC(C)CN(CC(C)C)c1ccc([C@@H]2C(C3CCC3)[C@@H]2C(=O)O)cc1NC(=O)Nc1ccc(C#N)nc1. The van der Waals surface area contributed by atoms with E-state index in [1.807, 2.05) is 18.2 Å². The van der Waals surface area contributed by atoms with Crippen LogP contribution in [0.5, 0.6) is 0 Å². The number of carboxylic acid groups (broad SMARTS) is 1. The second-order valence-electron chi connectivity index (χ2n) is 11.3. The Kier molecular flexibility index (Phi) is 8.01. The number of carboxylic acids is 1.